The van der Waals surface area contributed by atoms with Crippen LogP contribution >= 0.6 is 0 Å². The van der Waals surface area contributed by atoms with Gasteiger partial charge in [-0.2, -0.15) is 4.98 Å². The molecule has 18 heavy (non-hydrogen) atoms. The summed E-state index contributed by atoms with van der Waals surface area (Å²) >= 11 is 0. The highest BCUT2D eigenvalue weighted by molar-refractivity contribution is 5.30. The highest BCUT2D eigenvalue weighted by atomic mass is 16.5. The maximum Gasteiger partial charge on any atom is 0.213 e. The molecule has 5 heteroatoms. The van der Waals surface area contributed by atoms with E-state index < -0.39 is 0 Å². The Morgan fingerprint density at radius 1 is 1.44 bits per heavy atom. The third kappa shape index (κ3) is 3.30. The van der Waals surface area contributed by atoms with E-state index >= 15 is 0 Å². The van der Waals surface area contributed by atoms with Crippen LogP contribution < -0.4 is 10.1 Å². The minimum Gasteiger partial charge on any atom is -0.497 e. The number of hydrogen-bond donors (Lipinski definition) is 1. The first-order chi connectivity index (χ1) is 8.79. The van der Waals surface area contributed by atoms with Gasteiger partial charge in [0.25, 0.3) is 0 Å². The third-order valence-corrected chi connectivity index (χ3v) is 2.80. The first kappa shape index (κ1) is 12.6. The summed E-state index contributed by atoms with van der Waals surface area (Å²) in [7, 11) is 1.67. The summed E-state index contributed by atoms with van der Waals surface area (Å²) in [4.78, 5) is 3.98. The summed E-state index contributed by atoms with van der Waals surface area (Å²) < 4.78 is 9.89. The van der Waals surface area contributed by atoms with Crippen molar-refractivity contribution in [1.29, 1.82) is 0 Å². The Morgan fingerprint density at radius 2 is 2.33 bits per heavy atom. The fourth-order valence-corrected chi connectivity index (χ4v) is 1.73. The molecule has 1 heterocycles. The predicted octanol–water partition coefficient (Wildman–Crippen LogP) is 1.97. The zero-order valence-electron chi connectivity index (χ0n) is 10.6. The topological polar surface area (TPSA) is 60.2 Å². The number of rotatable bonds is 6. The van der Waals surface area contributed by atoms with Crippen LogP contribution in [0.2, 0.25) is 0 Å². The summed E-state index contributed by atoms with van der Waals surface area (Å²) in [5.41, 5.74) is 1.20. The molecular formula is C13H17N3O2. The van der Waals surface area contributed by atoms with Gasteiger partial charge in [0.2, 0.25) is 6.39 Å². The molecule has 0 bridgehead atoms. The van der Waals surface area contributed by atoms with Gasteiger partial charge in [0, 0.05) is 19.0 Å². The molecular weight excluding hydrogens is 230 g/mol. The van der Waals surface area contributed by atoms with Crippen LogP contribution in [0.25, 0.3) is 0 Å². The SMILES string of the molecule is COc1cccc(C(C)NCCc2ncon2)c1. The van der Waals surface area contributed by atoms with Crippen molar-refractivity contribution in [3.05, 3.63) is 42.0 Å². The van der Waals surface area contributed by atoms with Crippen LogP contribution in [0.15, 0.2) is 35.2 Å². The molecule has 1 aromatic heterocycles. The number of nitrogens with zero attached hydrogens (tertiary/aromatic N) is 2. The summed E-state index contributed by atoms with van der Waals surface area (Å²) in [5, 5.41) is 7.18. The van der Waals surface area contributed by atoms with E-state index in [-0.39, 0.29) is 6.04 Å². The average Bonchev–Trinajstić information content (AvgIpc) is 2.92. The molecule has 1 atom stereocenters. The van der Waals surface area contributed by atoms with Gasteiger partial charge in [-0.3, -0.25) is 0 Å². The van der Waals surface area contributed by atoms with Crippen LogP contribution in [-0.2, 0) is 6.42 Å². The first-order valence-electron chi connectivity index (χ1n) is 5.92. The molecule has 1 unspecified atom stereocenters. The van der Waals surface area contributed by atoms with Crippen molar-refractivity contribution in [2.75, 3.05) is 13.7 Å². The molecule has 2 rings (SSSR count). The number of methoxy groups -OCH3 is 1. The maximum absolute atomic E-state index is 5.21. The normalized spacial score (nSPS) is 12.3. The second kappa shape index (κ2) is 6.16. The van der Waals surface area contributed by atoms with E-state index in [1.165, 1.54) is 12.0 Å². The highest BCUT2D eigenvalue weighted by Gasteiger charge is 2.06. The zero-order chi connectivity index (χ0) is 12.8. The fourth-order valence-electron chi connectivity index (χ4n) is 1.73. The monoisotopic (exact) mass is 247 g/mol. The molecule has 0 amide bonds. The number of benzene rings is 1. The summed E-state index contributed by atoms with van der Waals surface area (Å²) in [5.74, 6) is 1.60. The highest BCUT2D eigenvalue weighted by Crippen LogP contribution is 2.18. The largest absolute Gasteiger partial charge is 0.497 e. The number of hydrogen-bond acceptors (Lipinski definition) is 5. The molecule has 1 aromatic carbocycles. The summed E-state index contributed by atoms with van der Waals surface area (Å²) in [6.45, 7) is 2.92. The van der Waals surface area contributed by atoms with E-state index in [2.05, 4.69) is 33.0 Å². The Labute approximate surface area is 106 Å². The Kier molecular flexibility index (Phi) is 4.30. The van der Waals surface area contributed by atoms with Gasteiger partial charge in [-0.05, 0) is 24.6 Å². The summed E-state index contributed by atoms with van der Waals surface area (Å²) in [6.07, 6.45) is 2.10. The Balaban J connectivity index is 1.85. The van der Waals surface area contributed by atoms with Crippen LogP contribution in [-0.4, -0.2) is 23.8 Å². The van der Waals surface area contributed by atoms with E-state index in [0.29, 0.717) is 0 Å². The van der Waals surface area contributed by atoms with Gasteiger partial charge in [-0.25, -0.2) is 0 Å². The second-order valence-electron chi connectivity index (χ2n) is 4.05. The second-order valence-corrected chi connectivity index (χ2v) is 4.05. The third-order valence-electron chi connectivity index (χ3n) is 2.80. The van der Waals surface area contributed by atoms with Crippen molar-refractivity contribution in [3.63, 3.8) is 0 Å². The lowest BCUT2D eigenvalue weighted by molar-refractivity contribution is 0.408. The Morgan fingerprint density at radius 3 is 3.06 bits per heavy atom. The summed E-state index contributed by atoms with van der Waals surface area (Å²) in [6, 6.07) is 8.30. The molecule has 0 radical (unpaired) electrons. The molecule has 0 aliphatic heterocycles. The molecule has 0 saturated carbocycles. The molecule has 5 nitrogen and oxygen atoms in total. The van der Waals surface area contributed by atoms with Crippen LogP contribution in [0.1, 0.15) is 24.4 Å². The average molecular weight is 247 g/mol. The van der Waals surface area contributed by atoms with Gasteiger partial charge in [0.15, 0.2) is 5.82 Å². The van der Waals surface area contributed by atoms with Crippen LogP contribution in [0.5, 0.6) is 5.75 Å². The van der Waals surface area contributed by atoms with Gasteiger partial charge in [0.1, 0.15) is 5.75 Å². The molecule has 96 valence electrons. The van der Waals surface area contributed by atoms with Crippen molar-refractivity contribution in [1.82, 2.24) is 15.5 Å². The van der Waals surface area contributed by atoms with E-state index in [9.17, 15) is 0 Å². The smallest absolute Gasteiger partial charge is 0.213 e. The van der Waals surface area contributed by atoms with E-state index in [1.54, 1.807) is 7.11 Å². The minimum absolute atomic E-state index is 0.256. The van der Waals surface area contributed by atoms with Crippen molar-refractivity contribution in [2.24, 2.45) is 0 Å². The zero-order valence-corrected chi connectivity index (χ0v) is 10.6. The van der Waals surface area contributed by atoms with Gasteiger partial charge in [-0.15, -0.1) is 0 Å². The molecule has 0 aliphatic carbocycles. The minimum atomic E-state index is 0.256. The van der Waals surface area contributed by atoms with E-state index in [0.717, 1.165) is 24.5 Å². The molecule has 0 aliphatic rings. The van der Waals surface area contributed by atoms with Crippen LogP contribution in [0.3, 0.4) is 0 Å². The molecule has 2 aromatic rings. The van der Waals surface area contributed by atoms with Crippen molar-refractivity contribution in [2.45, 2.75) is 19.4 Å². The number of nitrogens with one attached hydrogen (secondary N) is 1. The van der Waals surface area contributed by atoms with Crippen molar-refractivity contribution in [3.8, 4) is 5.75 Å². The van der Waals surface area contributed by atoms with E-state index in [1.807, 2.05) is 18.2 Å². The van der Waals surface area contributed by atoms with Gasteiger partial charge < -0.3 is 14.6 Å². The van der Waals surface area contributed by atoms with Gasteiger partial charge in [-0.1, -0.05) is 17.3 Å². The lowest BCUT2D eigenvalue weighted by Gasteiger charge is -2.14. The van der Waals surface area contributed by atoms with Crippen LogP contribution in [0.4, 0.5) is 0 Å². The molecule has 1 N–H and O–H groups in total. The molecule has 0 fully saturated rings. The van der Waals surface area contributed by atoms with Gasteiger partial charge in [0.05, 0.1) is 7.11 Å². The quantitative estimate of drug-likeness (QED) is 0.845. The van der Waals surface area contributed by atoms with Crippen molar-refractivity contribution < 1.29 is 9.26 Å². The lowest BCUT2D eigenvalue weighted by atomic mass is 10.1. The lowest BCUT2D eigenvalue weighted by Crippen LogP contribution is -2.21. The maximum atomic E-state index is 5.21. The molecule has 0 saturated heterocycles. The standard InChI is InChI=1S/C13H17N3O2/c1-10(11-4-3-5-12(8-11)17-2)14-7-6-13-15-9-18-16-13/h3-5,8-10,14H,6-7H2,1-2H3. The Bertz CT molecular complexity index is 471. The number of aromatic nitrogens is 2. The Hall–Kier alpha value is -1.88. The van der Waals surface area contributed by atoms with Gasteiger partial charge >= 0.3 is 0 Å². The first-order valence-corrected chi connectivity index (χ1v) is 5.92. The van der Waals surface area contributed by atoms with E-state index in [4.69, 9.17) is 4.74 Å². The number of ether oxygens (including phenoxy) is 1. The van der Waals surface area contributed by atoms with Crippen LogP contribution in [0, 0.1) is 0 Å². The predicted molar refractivity (Wildman–Crippen MR) is 67.4 cm³/mol. The molecule has 0 spiro atoms. The fraction of sp³-hybridized carbons (Fsp3) is 0.385. The van der Waals surface area contributed by atoms with Crippen molar-refractivity contribution >= 4 is 0 Å².